The van der Waals surface area contributed by atoms with Gasteiger partial charge in [0.15, 0.2) is 11.6 Å². The van der Waals surface area contributed by atoms with Gasteiger partial charge in [-0.3, -0.25) is 4.57 Å². The van der Waals surface area contributed by atoms with Crippen LogP contribution in [0.5, 0.6) is 0 Å². The highest BCUT2D eigenvalue weighted by Crippen LogP contribution is 2.38. The molecule has 4 aromatic rings. The summed E-state index contributed by atoms with van der Waals surface area (Å²) in [5, 5.41) is 10.4. The molecule has 170 valence electrons. The highest BCUT2D eigenvalue weighted by molar-refractivity contribution is 5.68. The lowest BCUT2D eigenvalue weighted by Crippen LogP contribution is -2.15. The SMILES string of the molecule is CC(C)(O)c1cn(-c2ccc(-c3cccc(F)c3F)cc2)c(-c2ccccc2C(F)(F)F)n1. The van der Waals surface area contributed by atoms with Crippen LogP contribution in [0.4, 0.5) is 22.0 Å². The Morgan fingerprint density at radius 3 is 2.09 bits per heavy atom. The van der Waals surface area contributed by atoms with Gasteiger partial charge in [0, 0.05) is 23.0 Å². The summed E-state index contributed by atoms with van der Waals surface area (Å²) in [6, 6.07) is 15.1. The maximum atomic E-state index is 14.2. The van der Waals surface area contributed by atoms with Gasteiger partial charge in [0.05, 0.1) is 11.3 Å². The predicted octanol–water partition coefficient (Wildman–Crippen LogP) is 6.73. The Morgan fingerprint density at radius 2 is 1.45 bits per heavy atom. The summed E-state index contributed by atoms with van der Waals surface area (Å²) in [4.78, 5) is 4.31. The first-order chi connectivity index (χ1) is 15.5. The highest BCUT2D eigenvalue weighted by atomic mass is 19.4. The molecule has 0 aliphatic rings. The molecule has 0 bridgehead atoms. The van der Waals surface area contributed by atoms with Gasteiger partial charge in [-0.2, -0.15) is 13.2 Å². The fourth-order valence-electron chi connectivity index (χ4n) is 3.52. The second-order valence-corrected chi connectivity index (χ2v) is 8.07. The maximum absolute atomic E-state index is 14.2. The molecule has 1 heterocycles. The van der Waals surface area contributed by atoms with Crippen LogP contribution in [0.1, 0.15) is 25.1 Å². The fourth-order valence-corrected chi connectivity index (χ4v) is 3.52. The second kappa shape index (κ2) is 8.12. The van der Waals surface area contributed by atoms with Crippen LogP contribution in [-0.4, -0.2) is 14.7 Å². The summed E-state index contributed by atoms with van der Waals surface area (Å²) < 4.78 is 70.2. The van der Waals surface area contributed by atoms with Crippen molar-refractivity contribution in [2.45, 2.75) is 25.6 Å². The quantitative estimate of drug-likeness (QED) is 0.344. The first-order valence-corrected chi connectivity index (χ1v) is 10.0. The van der Waals surface area contributed by atoms with Crippen molar-refractivity contribution in [3.05, 3.63) is 95.8 Å². The van der Waals surface area contributed by atoms with Crippen molar-refractivity contribution in [2.24, 2.45) is 0 Å². The number of hydrogen-bond acceptors (Lipinski definition) is 2. The minimum atomic E-state index is -4.61. The number of aliphatic hydroxyl groups is 1. The lowest BCUT2D eigenvalue weighted by Gasteiger charge is -2.14. The molecule has 1 N–H and O–H groups in total. The molecule has 33 heavy (non-hydrogen) atoms. The van der Waals surface area contributed by atoms with Crippen LogP contribution in [0.2, 0.25) is 0 Å². The third-order valence-corrected chi connectivity index (χ3v) is 5.21. The van der Waals surface area contributed by atoms with E-state index in [1.54, 1.807) is 12.1 Å². The Kier molecular flexibility index (Phi) is 5.57. The van der Waals surface area contributed by atoms with Crippen LogP contribution >= 0.6 is 0 Å². The van der Waals surface area contributed by atoms with Crippen molar-refractivity contribution < 1.29 is 27.1 Å². The lowest BCUT2D eigenvalue weighted by molar-refractivity contribution is -0.137. The average Bonchev–Trinajstić information content (AvgIpc) is 3.21. The third kappa shape index (κ3) is 4.39. The molecule has 3 nitrogen and oxygen atoms in total. The molecule has 1 aromatic heterocycles. The molecule has 4 rings (SSSR count). The molecule has 0 aliphatic carbocycles. The van der Waals surface area contributed by atoms with E-state index in [4.69, 9.17) is 0 Å². The van der Waals surface area contributed by atoms with Gasteiger partial charge in [0.1, 0.15) is 11.4 Å². The van der Waals surface area contributed by atoms with Crippen molar-refractivity contribution in [1.29, 1.82) is 0 Å². The first-order valence-electron chi connectivity index (χ1n) is 10.0. The van der Waals surface area contributed by atoms with Crippen molar-refractivity contribution in [1.82, 2.24) is 9.55 Å². The van der Waals surface area contributed by atoms with Gasteiger partial charge in [-0.05, 0) is 43.7 Å². The Morgan fingerprint density at radius 1 is 0.818 bits per heavy atom. The van der Waals surface area contributed by atoms with Gasteiger partial charge in [0.25, 0.3) is 0 Å². The molecule has 0 spiro atoms. The molecule has 0 amide bonds. The Labute approximate surface area is 186 Å². The van der Waals surface area contributed by atoms with Gasteiger partial charge in [0.2, 0.25) is 0 Å². The first kappa shape index (κ1) is 22.7. The van der Waals surface area contributed by atoms with Gasteiger partial charge in [-0.15, -0.1) is 0 Å². The number of alkyl halides is 3. The molecule has 0 fully saturated rings. The minimum Gasteiger partial charge on any atom is -0.384 e. The zero-order chi connectivity index (χ0) is 24.0. The van der Waals surface area contributed by atoms with E-state index >= 15 is 0 Å². The monoisotopic (exact) mass is 458 g/mol. The van der Waals surface area contributed by atoms with E-state index in [2.05, 4.69) is 4.98 Å². The van der Waals surface area contributed by atoms with Crippen molar-refractivity contribution in [3.8, 4) is 28.2 Å². The zero-order valence-electron chi connectivity index (χ0n) is 17.7. The Hall–Kier alpha value is -3.52. The van der Waals surface area contributed by atoms with E-state index in [0.717, 1.165) is 12.1 Å². The van der Waals surface area contributed by atoms with Crippen LogP contribution in [-0.2, 0) is 11.8 Å². The summed E-state index contributed by atoms with van der Waals surface area (Å²) >= 11 is 0. The largest absolute Gasteiger partial charge is 0.417 e. The Balaban J connectivity index is 1.87. The summed E-state index contributed by atoms with van der Waals surface area (Å²) in [5.41, 5.74) is -1.35. The smallest absolute Gasteiger partial charge is 0.384 e. The van der Waals surface area contributed by atoms with Crippen molar-refractivity contribution in [3.63, 3.8) is 0 Å². The summed E-state index contributed by atoms with van der Waals surface area (Å²) in [6.07, 6.45) is -3.15. The van der Waals surface area contributed by atoms with E-state index < -0.39 is 29.0 Å². The second-order valence-electron chi connectivity index (χ2n) is 8.07. The number of benzene rings is 3. The number of nitrogens with zero attached hydrogens (tertiary/aromatic N) is 2. The van der Waals surface area contributed by atoms with Crippen molar-refractivity contribution >= 4 is 0 Å². The normalized spacial score (nSPS) is 12.2. The predicted molar refractivity (Wildman–Crippen MR) is 115 cm³/mol. The fraction of sp³-hybridized carbons (Fsp3) is 0.160. The lowest BCUT2D eigenvalue weighted by atomic mass is 10.0. The van der Waals surface area contributed by atoms with Gasteiger partial charge >= 0.3 is 6.18 Å². The molecule has 8 heteroatoms. The van der Waals surface area contributed by atoms with E-state index in [9.17, 15) is 27.1 Å². The molecule has 0 saturated heterocycles. The average molecular weight is 458 g/mol. The van der Waals surface area contributed by atoms with Gasteiger partial charge in [-0.1, -0.05) is 42.5 Å². The molecular formula is C25H19F5N2O. The van der Waals surface area contributed by atoms with Crippen LogP contribution in [0, 0.1) is 11.6 Å². The molecular weight excluding hydrogens is 439 g/mol. The summed E-state index contributed by atoms with van der Waals surface area (Å²) in [7, 11) is 0. The van der Waals surface area contributed by atoms with E-state index in [1.165, 1.54) is 67.1 Å². The number of halogens is 5. The standard InChI is InChI=1S/C25H19F5N2O/c1-24(2,33)21-14-32(23(31-21)18-6-3-4-8-19(18)25(28,29)30)16-12-10-15(11-13-16)17-7-5-9-20(26)22(17)27/h3-14,33H,1-2H3. The summed E-state index contributed by atoms with van der Waals surface area (Å²) in [5.74, 6) is -1.98. The minimum absolute atomic E-state index is 0.00950. The van der Waals surface area contributed by atoms with Crippen LogP contribution in [0.3, 0.4) is 0 Å². The molecule has 3 aromatic carbocycles. The van der Waals surface area contributed by atoms with Crippen LogP contribution < -0.4 is 0 Å². The number of aromatic nitrogens is 2. The van der Waals surface area contributed by atoms with E-state index in [0.29, 0.717) is 11.3 Å². The molecule has 0 unspecified atom stereocenters. The number of hydrogen-bond donors (Lipinski definition) is 1. The van der Waals surface area contributed by atoms with E-state index in [1.807, 2.05) is 0 Å². The Bertz CT molecular complexity index is 1300. The summed E-state index contributed by atoms with van der Waals surface area (Å²) in [6.45, 7) is 2.96. The molecule has 0 aliphatic heterocycles. The number of rotatable bonds is 4. The van der Waals surface area contributed by atoms with Crippen molar-refractivity contribution in [2.75, 3.05) is 0 Å². The third-order valence-electron chi connectivity index (χ3n) is 5.21. The zero-order valence-corrected chi connectivity index (χ0v) is 17.7. The van der Waals surface area contributed by atoms with E-state index in [-0.39, 0.29) is 22.6 Å². The van der Waals surface area contributed by atoms with Crippen LogP contribution in [0.15, 0.2) is 72.9 Å². The van der Waals surface area contributed by atoms with Gasteiger partial charge in [-0.25, -0.2) is 13.8 Å². The maximum Gasteiger partial charge on any atom is 0.417 e. The highest BCUT2D eigenvalue weighted by Gasteiger charge is 2.35. The molecule has 0 radical (unpaired) electrons. The topological polar surface area (TPSA) is 38.0 Å². The molecule has 0 atom stereocenters. The molecule has 0 saturated carbocycles. The van der Waals surface area contributed by atoms with Gasteiger partial charge < -0.3 is 5.11 Å². The number of imidazole rings is 1. The van der Waals surface area contributed by atoms with Crippen LogP contribution in [0.25, 0.3) is 28.2 Å².